The van der Waals surface area contributed by atoms with Crippen molar-refractivity contribution in [3.05, 3.63) is 85.1 Å². The predicted molar refractivity (Wildman–Crippen MR) is 261 cm³/mol. The molecule has 0 fully saturated rings. The molecule has 0 amide bonds. The van der Waals surface area contributed by atoms with Crippen LogP contribution >= 0.6 is 0 Å². The zero-order chi connectivity index (χ0) is 44.4. The number of esters is 3. The first kappa shape index (κ1) is 57.6. The van der Waals surface area contributed by atoms with Crippen LogP contribution < -0.4 is 0 Å². The Kier molecular flexibility index (Phi) is 46.5. The van der Waals surface area contributed by atoms with Gasteiger partial charge in [0.15, 0.2) is 6.10 Å². The summed E-state index contributed by atoms with van der Waals surface area (Å²) < 4.78 is 16.7. The zero-order valence-electron chi connectivity index (χ0n) is 39.7. The first-order valence-electron chi connectivity index (χ1n) is 25.1. The van der Waals surface area contributed by atoms with Gasteiger partial charge < -0.3 is 14.2 Å². The molecule has 0 aromatic rings. The molecule has 0 heterocycles. The normalized spacial score (nSPS) is 12.8. The molecule has 0 aliphatic heterocycles. The van der Waals surface area contributed by atoms with Gasteiger partial charge in [0.2, 0.25) is 0 Å². The smallest absolute Gasteiger partial charge is 0.306 e. The van der Waals surface area contributed by atoms with E-state index in [0.29, 0.717) is 19.3 Å². The molecule has 6 heteroatoms. The average molecular weight is 849 g/mol. The van der Waals surface area contributed by atoms with Crippen LogP contribution in [0.4, 0.5) is 0 Å². The van der Waals surface area contributed by atoms with Gasteiger partial charge in [-0.2, -0.15) is 0 Å². The zero-order valence-corrected chi connectivity index (χ0v) is 39.7. The van der Waals surface area contributed by atoms with E-state index in [4.69, 9.17) is 14.2 Å². The van der Waals surface area contributed by atoms with Crippen molar-refractivity contribution in [3.63, 3.8) is 0 Å². The van der Waals surface area contributed by atoms with Gasteiger partial charge >= 0.3 is 17.9 Å². The Morgan fingerprint density at radius 1 is 0.344 bits per heavy atom. The summed E-state index contributed by atoms with van der Waals surface area (Å²) in [6.07, 6.45) is 62.9. The van der Waals surface area contributed by atoms with Crippen molar-refractivity contribution in [2.24, 2.45) is 0 Å². The van der Waals surface area contributed by atoms with Gasteiger partial charge in [0.1, 0.15) is 13.2 Å². The van der Waals surface area contributed by atoms with Gasteiger partial charge in [-0.05, 0) is 83.5 Å². The highest BCUT2D eigenvalue weighted by atomic mass is 16.6. The van der Waals surface area contributed by atoms with Crippen molar-refractivity contribution in [1.29, 1.82) is 0 Å². The molecule has 0 N–H and O–H groups in total. The maximum absolute atomic E-state index is 12.8. The van der Waals surface area contributed by atoms with Gasteiger partial charge in [-0.25, -0.2) is 0 Å². The molecule has 0 aliphatic rings. The molecule has 0 spiro atoms. The summed E-state index contributed by atoms with van der Waals surface area (Å²) in [4.78, 5) is 37.8. The third kappa shape index (κ3) is 47.5. The minimum atomic E-state index is -0.808. The van der Waals surface area contributed by atoms with Crippen molar-refractivity contribution in [2.75, 3.05) is 13.2 Å². The van der Waals surface area contributed by atoms with Gasteiger partial charge in [-0.3, -0.25) is 14.4 Å². The quantitative estimate of drug-likeness (QED) is 0.0263. The van der Waals surface area contributed by atoms with Crippen LogP contribution in [0.15, 0.2) is 85.1 Å². The average Bonchev–Trinajstić information content (AvgIpc) is 3.26. The Balaban J connectivity index is 4.49. The minimum absolute atomic E-state index is 0.102. The second-order valence-electron chi connectivity index (χ2n) is 16.3. The largest absolute Gasteiger partial charge is 0.462 e. The van der Waals surface area contributed by atoms with Crippen LogP contribution in [0.3, 0.4) is 0 Å². The van der Waals surface area contributed by atoms with E-state index in [1.54, 1.807) is 0 Å². The molecule has 1 atom stereocenters. The molecule has 0 saturated heterocycles. The fourth-order valence-corrected chi connectivity index (χ4v) is 6.64. The summed E-state index contributed by atoms with van der Waals surface area (Å²) in [7, 11) is 0. The number of ether oxygens (including phenoxy) is 3. The molecule has 348 valence electrons. The topological polar surface area (TPSA) is 78.9 Å². The Morgan fingerprint density at radius 2 is 0.672 bits per heavy atom. The van der Waals surface area contributed by atoms with Crippen LogP contribution in [-0.2, 0) is 28.6 Å². The molecule has 61 heavy (non-hydrogen) atoms. The highest BCUT2D eigenvalue weighted by Gasteiger charge is 2.19. The van der Waals surface area contributed by atoms with Crippen LogP contribution in [0.5, 0.6) is 0 Å². The Bertz CT molecular complexity index is 1200. The van der Waals surface area contributed by atoms with E-state index in [-0.39, 0.29) is 37.5 Å². The van der Waals surface area contributed by atoms with E-state index in [1.165, 1.54) is 89.9 Å². The number of unbranched alkanes of at least 4 members (excludes halogenated alkanes) is 19. The third-order valence-electron chi connectivity index (χ3n) is 10.4. The summed E-state index contributed by atoms with van der Waals surface area (Å²) in [6, 6.07) is 0. The summed E-state index contributed by atoms with van der Waals surface area (Å²) >= 11 is 0. The summed E-state index contributed by atoms with van der Waals surface area (Å²) in [5, 5.41) is 0. The van der Waals surface area contributed by atoms with E-state index in [2.05, 4.69) is 99.8 Å². The molecular weight excluding hydrogens is 757 g/mol. The number of rotatable bonds is 44. The van der Waals surface area contributed by atoms with E-state index >= 15 is 0 Å². The predicted octanol–water partition coefficient (Wildman–Crippen LogP) is 16.4. The lowest BCUT2D eigenvalue weighted by molar-refractivity contribution is -0.166. The van der Waals surface area contributed by atoms with Crippen molar-refractivity contribution in [2.45, 2.75) is 232 Å². The number of carbonyl (C=O) groups excluding carboxylic acids is 3. The number of carbonyl (C=O) groups is 3. The lowest BCUT2D eigenvalue weighted by atomic mass is 10.1. The molecular formula is C55H92O6. The van der Waals surface area contributed by atoms with E-state index in [0.717, 1.165) is 89.9 Å². The molecule has 0 radical (unpaired) electrons. The minimum Gasteiger partial charge on any atom is -0.462 e. The van der Waals surface area contributed by atoms with Crippen LogP contribution in [0, 0.1) is 0 Å². The molecule has 0 bridgehead atoms. The fourth-order valence-electron chi connectivity index (χ4n) is 6.64. The second kappa shape index (κ2) is 49.2. The van der Waals surface area contributed by atoms with Crippen molar-refractivity contribution in [1.82, 2.24) is 0 Å². The Hall–Kier alpha value is -3.41. The van der Waals surface area contributed by atoms with E-state index in [1.807, 2.05) is 6.08 Å². The van der Waals surface area contributed by atoms with Crippen LogP contribution in [0.25, 0.3) is 0 Å². The maximum Gasteiger partial charge on any atom is 0.306 e. The molecule has 6 nitrogen and oxygen atoms in total. The second-order valence-corrected chi connectivity index (χ2v) is 16.3. The monoisotopic (exact) mass is 849 g/mol. The standard InChI is InChI=1S/C55H92O6/c1-4-7-10-13-16-19-22-24-25-26-27-28-29-31-33-36-39-42-45-48-54(57)60-51-52(50-59-53(56)47-44-41-38-35-32-21-18-15-12-9-6-3)61-55(58)49-46-43-40-37-34-30-23-20-17-14-11-8-5-2/h7,10,16,19-20,23-25,27-28,31,33,39,42,52H,4-6,8-9,11-15,17-18,21-22,26,29-30,32,34-38,40-41,43-51H2,1-3H3/b10-7-,19-16-,23-20-,25-24-,28-27-,33-31-,42-39-. The summed E-state index contributed by atoms with van der Waals surface area (Å²) in [6.45, 7) is 6.42. The lowest BCUT2D eigenvalue weighted by Gasteiger charge is -2.18. The highest BCUT2D eigenvalue weighted by Crippen LogP contribution is 2.14. The number of allylic oxidation sites excluding steroid dienone is 14. The van der Waals surface area contributed by atoms with Crippen molar-refractivity contribution in [3.8, 4) is 0 Å². The molecule has 0 rings (SSSR count). The third-order valence-corrected chi connectivity index (χ3v) is 10.4. The maximum atomic E-state index is 12.8. The first-order valence-corrected chi connectivity index (χ1v) is 25.1. The van der Waals surface area contributed by atoms with Gasteiger partial charge in [0.25, 0.3) is 0 Å². The molecule has 0 saturated carbocycles. The molecule has 1 unspecified atom stereocenters. The Labute approximate surface area is 375 Å². The van der Waals surface area contributed by atoms with E-state index < -0.39 is 6.10 Å². The SMILES string of the molecule is CC/C=C\C/C=C\C/C=C\C/C=C\C/C=C\C/C=C\CCC(=O)OCC(COC(=O)CCCCCCCCCCCCC)OC(=O)CCCCCCC/C=C\CCCCCC. The van der Waals surface area contributed by atoms with Gasteiger partial charge in [0, 0.05) is 19.3 Å². The van der Waals surface area contributed by atoms with E-state index in [9.17, 15) is 14.4 Å². The van der Waals surface area contributed by atoms with Crippen molar-refractivity contribution >= 4 is 17.9 Å². The lowest BCUT2D eigenvalue weighted by Crippen LogP contribution is -2.30. The number of hydrogen-bond donors (Lipinski definition) is 0. The summed E-state index contributed by atoms with van der Waals surface area (Å²) in [5.41, 5.74) is 0. The first-order chi connectivity index (χ1) is 30.0. The van der Waals surface area contributed by atoms with Crippen LogP contribution in [0.2, 0.25) is 0 Å². The van der Waals surface area contributed by atoms with Crippen LogP contribution in [-0.4, -0.2) is 37.2 Å². The highest BCUT2D eigenvalue weighted by molar-refractivity contribution is 5.71. The number of hydrogen-bond acceptors (Lipinski definition) is 6. The molecule has 0 aromatic carbocycles. The van der Waals surface area contributed by atoms with Gasteiger partial charge in [-0.1, -0.05) is 209 Å². The Morgan fingerprint density at radius 3 is 1.11 bits per heavy atom. The van der Waals surface area contributed by atoms with Crippen molar-refractivity contribution < 1.29 is 28.6 Å². The summed E-state index contributed by atoms with van der Waals surface area (Å²) in [5.74, 6) is -1.00. The molecule has 0 aliphatic carbocycles. The fraction of sp³-hybridized carbons (Fsp3) is 0.691. The van der Waals surface area contributed by atoms with Gasteiger partial charge in [-0.15, -0.1) is 0 Å². The van der Waals surface area contributed by atoms with Gasteiger partial charge in [0.05, 0.1) is 0 Å². The van der Waals surface area contributed by atoms with Crippen LogP contribution in [0.1, 0.15) is 226 Å². The molecule has 0 aromatic heterocycles.